The molecule has 140 valence electrons. The standard InChI is InChI=1S/C18H27F2N3O2/c19-17(20)13-25-16-6-4-14(5-7-16)12-23-10-2-1-3-15(23)11-22-18(24)8-9-21/h4-7,15,17H,1-3,8-13,21H2,(H,22,24). The van der Waals surface area contributed by atoms with Crippen molar-refractivity contribution < 1.29 is 18.3 Å². The number of rotatable bonds is 9. The molecule has 0 aromatic heterocycles. The normalized spacial score (nSPS) is 18.3. The third-order valence-corrected chi connectivity index (χ3v) is 4.34. The van der Waals surface area contributed by atoms with Gasteiger partial charge in [-0.25, -0.2) is 8.78 Å². The number of halogens is 2. The summed E-state index contributed by atoms with van der Waals surface area (Å²) in [4.78, 5) is 14.0. The minimum atomic E-state index is -2.47. The van der Waals surface area contributed by atoms with Crippen molar-refractivity contribution in [1.82, 2.24) is 10.2 Å². The molecule has 7 heteroatoms. The van der Waals surface area contributed by atoms with Gasteiger partial charge in [-0.2, -0.15) is 0 Å². The van der Waals surface area contributed by atoms with Crippen LogP contribution in [-0.4, -0.2) is 49.5 Å². The zero-order valence-electron chi connectivity index (χ0n) is 14.4. The van der Waals surface area contributed by atoms with E-state index < -0.39 is 13.0 Å². The van der Waals surface area contributed by atoms with E-state index in [2.05, 4.69) is 10.2 Å². The predicted octanol–water partition coefficient (Wildman–Crippen LogP) is 2.15. The summed E-state index contributed by atoms with van der Waals surface area (Å²) in [6, 6.07) is 7.56. The van der Waals surface area contributed by atoms with Crippen LogP contribution in [0, 0.1) is 0 Å². The van der Waals surface area contributed by atoms with Crippen molar-refractivity contribution in [2.24, 2.45) is 5.73 Å². The number of ether oxygens (including phenoxy) is 1. The number of carbonyl (C=O) groups is 1. The maximum Gasteiger partial charge on any atom is 0.272 e. The van der Waals surface area contributed by atoms with E-state index in [-0.39, 0.29) is 5.91 Å². The highest BCUT2D eigenvalue weighted by atomic mass is 19.3. The highest BCUT2D eigenvalue weighted by Crippen LogP contribution is 2.21. The van der Waals surface area contributed by atoms with Crippen LogP contribution in [0.5, 0.6) is 5.75 Å². The first-order valence-electron chi connectivity index (χ1n) is 8.79. The zero-order valence-corrected chi connectivity index (χ0v) is 14.4. The Labute approximate surface area is 147 Å². The van der Waals surface area contributed by atoms with Gasteiger partial charge in [0.1, 0.15) is 12.4 Å². The second-order valence-corrected chi connectivity index (χ2v) is 6.31. The van der Waals surface area contributed by atoms with Gasteiger partial charge in [-0.15, -0.1) is 0 Å². The Bertz CT molecular complexity index is 526. The van der Waals surface area contributed by atoms with Crippen molar-refractivity contribution in [3.05, 3.63) is 29.8 Å². The molecule has 1 amide bonds. The molecule has 0 bridgehead atoms. The Balaban J connectivity index is 1.86. The number of hydrogen-bond donors (Lipinski definition) is 2. The van der Waals surface area contributed by atoms with Gasteiger partial charge in [0.05, 0.1) is 0 Å². The first-order valence-corrected chi connectivity index (χ1v) is 8.79. The number of carbonyl (C=O) groups excluding carboxylic acids is 1. The van der Waals surface area contributed by atoms with E-state index in [1.54, 1.807) is 12.1 Å². The third kappa shape index (κ3) is 6.96. The third-order valence-electron chi connectivity index (χ3n) is 4.34. The van der Waals surface area contributed by atoms with Crippen LogP contribution in [0.15, 0.2) is 24.3 Å². The lowest BCUT2D eigenvalue weighted by Crippen LogP contribution is -2.46. The average Bonchev–Trinajstić information content (AvgIpc) is 2.60. The monoisotopic (exact) mass is 355 g/mol. The molecule has 1 unspecified atom stereocenters. The van der Waals surface area contributed by atoms with Gasteiger partial charge in [-0.3, -0.25) is 9.69 Å². The van der Waals surface area contributed by atoms with E-state index in [1.807, 2.05) is 12.1 Å². The number of nitrogens with two attached hydrogens (primary N) is 1. The van der Waals surface area contributed by atoms with Crippen LogP contribution < -0.4 is 15.8 Å². The van der Waals surface area contributed by atoms with Crippen molar-refractivity contribution in [3.63, 3.8) is 0 Å². The molecule has 1 aromatic carbocycles. The molecule has 1 saturated heterocycles. The molecule has 5 nitrogen and oxygen atoms in total. The molecule has 0 aliphatic carbocycles. The van der Waals surface area contributed by atoms with Crippen LogP contribution in [0.3, 0.4) is 0 Å². The molecule has 2 rings (SSSR count). The fourth-order valence-electron chi connectivity index (χ4n) is 3.04. The van der Waals surface area contributed by atoms with E-state index in [9.17, 15) is 13.6 Å². The van der Waals surface area contributed by atoms with E-state index in [1.165, 1.54) is 0 Å². The van der Waals surface area contributed by atoms with E-state index >= 15 is 0 Å². The zero-order chi connectivity index (χ0) is 18.1. The number of hydrogen-bond acceptors (Lipinski definition) is 4. The van der Waals surface area contributed by atoms with E-state index in [0.29, 0.717) is 31.3 Å². The van der Waals surface area contributed by atoms with Crippen molar-refractivity contribution in [2.45, 2.75) is 44.7 Å². The summed E-state index contributed by atoms with van der Waals surface area (Å²) in [5.74, 6) is 0.446. The minimum Gasteiger partial charge on any atom is -0.488 e. The summed E-state index contributed by atoms with van der Waals surface area (Å²) < 4.78 is 29.3. The largest absolute Gasteiger partial charge is 0.488 e. The molecule has 1 heterocycles. The second-order valence-electron chi connectivity index (χ2n) is 6.31. The van der Waals surface area contributed by atoms with E-state index in [0.717, 1.165) is 37.9 Å². The molecule has 25 heavy (non-hydrogen) atoms. The fraction of sp³-hybridized carbons (Fsp3) is 0.611. The van der Waals surface area contributed by atoms with Crippen molar-refractivity contribution in [3.8, 4) is 5.75 Å². The summed E-state index contributed by atoms with van der Waals surface area (Å²) in [5, 5.41) is 2.95. The SMILES string of the molecule is NCCC(=O)NCC1CCCCN1Cc1ccc(OCC(F)F)cc1. The topological polar surface area (TPSA) is 67.6 Å². The molecule has 0 radical (unpaired) electrons. The molecule has 1 fully saturated rings. The number of alkyl halides is 2. The van der Waals surface area contributed by atoms with Gasteiger partial charge in [-0.1, -0.05) is 18.6 Å². The molecular weight excluding hydrogens is 328 g/mol. The Morgan fingerprint density at radius 3 is 2.76 bits per heavy atom. The van der Waals surface area contributed by atoms with Gasteiger partial charge in [0.2, 0.25) is 5.91 Å². The fourth-order valence-corrected chi connectivity index (χ4v) is 3.04. The van der Waals surface area contributed by atoms with Crippen LogP contribution in [0.25, 0.3) is 0 Å². The van der Waals surface area contributed by atoms with Crippen molar-refractivity contribution in [2.75, 3.05) is 26.2 Å². The second kappa shape index (κ2) is 10.3. The molecule has 1 aromatic rings. The molecule has 1 aliphatic heterocycles. The molecule has 0 saturated carbocycles. The first kappa shape index (κ1) is 19.6. The molecule has 0 spiro atoms. The Hall–Kier alpha value is -1.73. The van der Waals surface area contributed by atoms with Crippen LogP contribution >= 0.6 is 0 Å². The number of nitrogens with one attached hydrogen (secondary N) is 1. The summed E-state index contributed by atoms with van der Waals surface area (Å²) in [5.41, 5.74) is 6.50. The van der Waals surface area contributed by atoms with Crippen LogP contribution in [0.1, 0.15) is 31.2 Å². The van der Waals surface area contributed by atoms with Crippen LogP contribution in [0.4, 0.5) is 8.78 Å². The maximum absolute atomic E-state index is 12.2. The number of amides is 1. The Morgan fingerprint density at radius 1 is 1.32 bits per heavy atom. The molecular formula is C18H27F2N3O2. The number of likely N-dealkylation sites (tertiary alicyclic amines) is 1. The first-order chi connectivity index (χ1) is 12.1. The van der Waals surface area contributed by atoms with Gasteiger partial charge in [0.25, 0.3) is 6.43 Å². The van der Waals surface area contributed by atoms with Gasteiger partial charge in [-0.05, 0) is 37.1 Å². The van der Waals surface area contributed by atoms with Gasteiger partial charge >= 0.3 is 0 Å². The number of piperidine rings is 1. The summed E-state index contributed by atoms with van der Waals surface area (Å²) in [7, 11) is 0. The van der Waals surface area contributed by atoms with E-state index in [4.69, 9.17) is 10.5 Å². The summed E-state index contributed by atoms with van der Waals surface area (Å²) >= 11 is 0. The quantitative estimate of drug-likeness (QED) is 0.712. The van der Waals surface area contributed by atoms with Crippen molar-refractivity contribution in [1.29, 1.82) is 0 Å². The highest BCUT2D eigenvalue weighted by molar-refractivity contribution is 5.76. The molecule has 1 aliphatic rings. The van der Waals surface area contributed by atoms with Crippen molar-refractivity contribution >= 4 is 5.91 Å². The van der Waals surface area contributed by atoms with Gasteiger partial charge < -0.3 is 15.8 Å². The smallest absolute Gasteiger partial charge is 0.272 e. The predicted molar refractivity (Wildman–Crippen MR) is 92.7 cm³/mol. The van der Waals surface area contributed by atoms with Gasteiger partial charge in [0.15, 0.2) is 0 Å². The average molecular weight is 355 g/mol. The summed E-state index contributed by atoms with van der Waals surface area (Å²) in [6.45, 7) is 2.16. The molecule has 3 N–H and O–H groups in total. The lowest BCUT2D eigenvalue weighted by Gasteiger charge is -2.36. The lowest BCUT2D eigenvalue weighted by molar-refractivity contribution is -0.121. The maximum atomic E-state index is 12.2. The van der Waals surface area contributed by atoms with Crippen LogP contribution in [-0.2, 0) is 11.3 Å². The Morgan fingerprint density at radius 2 is 2.08 bits per heavy atom. The highest BCUT2D eigenvalue weighted by Gasteiger charge is 2.22. The van der Waals surface area contributed by atoms with Crippen LogP contribution in [0.2, 0.25) is 0 Å². The Kier molecular flexibility index (Phi) is 8.08. The number of benzene rings is 1. The lowest BCUT2D eigenvalue weighted by atomic mass is 10.0. The minimum absolute atomic E-state index is 0.00597. The van der Waals surface area contributed by atoms with Gasteiger partial charge in [0, 0.05) is 32.1 Å². The molecule has 1 atom stereocenters. The number of nitrogens with zero attached hydrogens (tertiary/aromatic N) is 1. The summed E-state index contributed by atoms with van der Waals surface area (Å²) in [6.07, 6.45) is 1.24.